The van der Waals surface area contributed by atoms with Gasteiger partial charge in [-0.2, -0.15) is 0 Å². The lowest BCUT2D eigenvalue weighted by atomic mass is 9.75. The van der Waals surface area contributed by atoms with Crippen LogP contribution in [0.4, 0.5) is 0 Å². The normalized spacial score (nSPS) is 22.7. The van der Waals surface area contributed by atoms with E-state index in [0.717, 1.165) is 12.2 Å². The minimum absolute atomic E-state index is 0.320. The maximum Gasteiger partial charge on any atom is 0.119 e. The van der Waals surface area contributed by atoms with Gasteiger partial charge in [-0.05, 0) is 43.4 Å². The van der Waals surface area contributed by atoms with Crippen LogP contribution >= 0.6 is 0 Å². The van der Waals surface area contributed by atoms with Crippen LogP contribution in [0.15, 0.2) is 24.3 Å². The maximum atomic E-state index is 6.20. The number of ether oxygens (including phenoxy) is 1. The van der Waals surface area contributed by atoms with E-state index in [0.29, 0.717) is 11.5 Å². The van der Waals surface area contributed by atoms with Crippen molar-refractivity contribution in [2.24, 2.45) is 5.41 Å². The SMILES string of the molecule is CCCc1ccc(OC2CCCCC2(C)C)cc1. The Morgan fingerprint density at radius 3 is 2.50 bits per heavy atom. The summed E-state index contributed by atoms with van der Waals surface area (Å²) >= 11 is 0. The molecule has 0 saturated heterocycles. The van der Waals surface area contributed by atoms with Crippen molar-refractivity contribution in [1.29, 1.82) is 0 Å². The number of aryl methyl sites for hydroxylation is 1. The molecule has 1 aliphatic rings. The summed E-state index contributed by atoms with van der Waals surface area (Å²) in [6.07, 6.45) is 7.88. The average Bonchev–Trinajstić information content (AvgIpc) is 2.34. The van der Waals surface area contributed by atoms with Crippen LogP contribution in [0.25, 0.3) is 0 Å². The van der Waals surface area contributed by atoms with E-state index in [9.17, 15) is 0 Å². The summed E-state index contributed by atoms with van der Waals surface area (Å²) in [4.78, 5) is 0. The molecule has 1 aromatic carbocycles. The van der Waals surface area contributed by atoms with Gasteiger partial charge in [0.2, 0.25) is 0 Å². The van der Waals surface area contributed by atoms with Crippen molar-refractivity contribution >= 4 is 0 Å². The first-order valence-corrected chi connectivity index (χ1v) is 7.37. The summed E-state index contributed by atoms with van der Waals surface area (Å²) in [5, 5.41) is 0. The Hall–Kier alpha value is -0.980. The van der Waals surface area contributed by atoms with Crippen molar-refractivity contribution in [2.45, 2.75) is 65.4 Å². The van der Waals surface area contributed by atoms with Crippen LogP contribution in [-0.2, 0) is 6.42 Å². The van der Waals surface area contributed by atoms with Crippen molar-refractivity contribution in [3.05, 3.63) is 29.8 Å². The number of hydrogen-bond acceptors (Lipinski definition) is 1. The van der Waals surface area contributed by atoms with Crippen molar-refractivity contribution < 1.29 is 4.74 Å². The number of hydrogen-bond donors (Lipinski definition) is 0. The number of benzene rings is 1. The van der Waals surface area contributed by atoms with Crippen LogP contribution < -0.4 is 4.74 Å². The van der Waals surface area contributed by atoms with Crippen molar-refractivity contribution in [3.63, 3.8) is 0 Å². The Kier molecular flexibility index (Phi) is 4.31. The molecule has 1 atom stereocenters. The Labute approximate surface area is 112 Å². The fourth-order valence-electron chi connectivity index (χ4n) is 2.87. The summed E-state index contributed by atoms with van der Waals surface area (Å²) in [5.41, 5.74) is 1.73. The zero-order valence-electron chi connectivity index (χ0n) is 12.0. The van der Waals surface area contributed by atoms with Gasteiger partial charge in [0.15, 0.2) is 0 Å². The second kappa shape index (κ2) is 5.77. The summed E-state index contributed by atoms with van der Waals surface area (Å²) in [6, 6.07) is 8.68. The van der Waals surface area contributed by atoms with Crippen molar-refractivity contribution in [3.8, 4) is 5.75 Å². The summed E-state index contributed by atoms with van der Waals surface area (Å²) < 4.78 is 6.20. The Morgan fingerprint density at radius 1 is 1.17 bits per heavy atom. The zero-order chi connectivity index (χ0) is 13.0. The minimum Gasteiger partial charge on any atom is -0.490 e. The molecule has 0 radical (unpaired) electrons. The standard InChI is InChI=1S/C17H26O/c1-4-7-14-9-11-15(12-10-14)18-16-8-5-6-13-17(16,2)3/h9-12,16H,4-8,13H2,1-3H3. The molecule has 1 aliphatic carbocycles. The van der Waals surface area contributed by atoms with Gasteiger partial charge in [0.05, 0.1) is 0 Å². The summed E-state index contributed by atoms with van der Waals surface area (Å²) in [5.74, 6) is 1.04. The third-order valence-corrected chi connectivity index (χ3v) is 4.15. The van der Waals surface area contributed by atoms with Gasteiger partial charge in [-0.25, -0.2) is 0 Å². The zero-order valence-corrected chi connectivity index (χ0v) is 12.0. The first-order chi connectivity index (χ1) is 8.62. The molecule has 0 bridgehead atoms. The molecule has 1 heteroatoms. The highest BCUT2D eigenvalue weighted by molar-refractivity contribution is 5.27. The minimum atomic E-state index is 0.320. The molecule has 18 heavy (non-hydrogen) atoms. The van der Waals surface area contributed by atoms with E-state index in [2.05, 4.69) is 45.0 Å². The van der Waals surface area contributed by atoms with E-state index in [1.807, 2.05) is 0 Å². The fraction of sp³-hybridized carbons (Fsp3) is 0.647. The maximum absolute atomic E-state index is 6.20. The predicted octanol–water partition coefficient (Wildman–Crippen LogP) is 4.99. The molecule has 0 aromatic heterocycles. The molecule has 1 saturated carbocycles. The molecule has 1 unspecified atom stereocenters. The smallest absolute Gasteiger partial charge is 0.119 e. The topological polar surface area (TPSA) is 9.23 Å². The molecular weight excluding hydrogens is 220 g/mol. The Morgan fingerprint density at radius 2 is 1.89 bits per heavy atom. The molecule has 1 nitrogen and oxygen atoms in total. The van der Waals surface area contributed by atoms with Gasteiger partial charge in [0.25, 0.3) is 0 Å². The van der Waals surface area contributed by atoms with E-state index in [-0.39, 0.29) is 0 Å². The first-order valence-electron chi connectivity index (χ1n) is 7.37. The molecule has 0 aliphatic heterocycles. The largest absolute Gasteiger partial charge is 0.490 e. The fourth-order valence-corrected chi connectivity index (χ4v) is 2.87. The van der Waals surface area contributed by atoms with Crippen LogP contribution in [0.5, 0.6) is 5.75 Å². The van der Waals surface area contributed by atoms with Crippen LogP contribution in [0, 0.1) is 5.41 Å². The molecule has 0 amide bonds. The third-order valence-electron chi connectivity index (χ3n) is 4.15. The molecule has 0 spiro atoms. The van der Waals surface area contributed by atoms with Gasteiger partial charge in [-0.15, -0.1) is 0 Å². The van der Waals surface area contributed by atoms with E-state index in [4.69, 9.17) is 4.74 Å². The van der Waals surface area contributed by atoms with Crippen molar-refractivity contribution in [1.82, 2.24) is 0 Å². The second-order valence-electron chi connectivity index (χ2n) is 6.23. The van der Waals surface area contributed by atoms with Gasteiger partial charge >= 0.3 is 0 Å². The lowest BCUT2D eigenvalue weighted by Gasteiger charge is -2.38. The molecule has 100 valence electrons. The molecule has 1 fully saturated rings. The third kappa shape index (κ3) is 3.28. The van der Waals surface area contributed by atoms with E-state index >= 15 is 0 Å². The van der Waals surface area contributed by atoms with Crippen LogP contribution in [0.2, 0.25) is 0 Å². The van der Waals surface area contributed by atoms with E-state index in [1.165, 1.54) is 37.7 Å². The van der Waals surface area contributed by atoms with Gasteiger partial charge < -0.3 is 4.74 Å². The van der Waals surface area contributed by atoms with E-state index in [1.54, 1.807) is 0 Å². The number of rotatable bonds is 4. The Bertz CT molecular complexity index is 364. The van der Waals surface area contributed by atoms with Crippen LogP contribution in [-0.4, -0.2) is 6.10 Å². The summed E-state index contributed by atoms with van der Waals surface area (Å²) in [6.45, 7) is 6.89. The highest BCUT2D eigenvalue weighted by Crippen LogP contribution is 2.37. The predicted molar refractivity (Wildman–Crippen MR) is 77.1 cm³/mol. The molecule has 1 aromatic rings. The second-order valence-corrected chi connectivity index (χ2v) is 6.23. The van der Waals surface area contributed by atoms with Gasteiger partial charge in [-0.1, -0.05) is 45.7 Å². The Balaban J connectivity index is 1.99. The molecule has 0 heterocycles. The van der Waals surface area contributed by atoms with Crippen LogP contribution in [0.3, 0.4) is 0 Å². The monoisotopic (exact) mass is 246 g/mol. The lowest BCUT2D eigenvalue weighted by Crippen LogP contribution is -2.37. The van der Waals surface area contributed by atoms with E-state index < -0.39 is 0 Å². The quantitative estimate of drug-likeness (QED) is 0.727. The first kappa shape index (κ1) is 13.5. The van der Waals surface area contributed by atoms with Gasteiger partial charge in [0, 0.05) is 5.41 Å². The lowest BCUT2D eigenvalue weighted by molar-refractivity contribution is 0.0339. The molecule has 0 N–H and O–H groups in total. The van der Waals surface area contributed by atoms with Gasteiger partial charge in [-0.3, -0.25) is 0 Å². The summed E-state index contributed by atoms with van der Waals surface area (Å²) in [7, 11) is 0. The van der Waals surface area contributed by atoms with Crippen LogP contribution in [0.1, 0.15) is 58.4 Å². The average molecular weight is 246 g/mol. The highest BCUT2D eigenvalue weighted by Gasteiger charge is 2.33. The molecular formula is C17H26O. The molecule has 2 rings (SSSR count). The van der Waals surface area contributed by atoms with Crippen molar-refractivity contribution in [2.75, 3.05) is 0 Å². The van der Waals surface area contributed by atoms with Gasteiger partial charge in [0.1, 0.15) is 11.9 Å². The highest BCUT2D eigenvalue weighted by atomic mass is 16.5.